The Hall–Kier alpha value is -2.93. The fraction of sp³-hybridized carbons (Fsp3) is 0.409. The van der Waals surface area contributed by atoms with Gasteiger partial charge in [-0.3, -0.25) is 14.3 Å². The first-order valence-corrected chi connectivity index (χ1v) is 10.2. The number of rotatable bonds is 4. The molecule has 3 aromatic rings. The maximum Gasteiger partial charge on any atom is 0.327 e. The number of carbonyl (C=O) groups is 1. The summed E-state index contributed by atoms with van der Waals surface area (Å²) in [6.45, 7) is 4.22. The van der Waals surface area contributed by atoms with Gasteiger partial charge in [-0.15, -0.1) is 0 Å². The van der Waals surface area contributed by atoms with E-state index >= 15 is 0 Å². The van der Waals surface area contributed by atoms with Crippen molar-refractivity contribution in [3.05, 3.63) is 52.6 Å². The molecule has 2 aromatic heterocycles. The molecule has 7 nitrogen and oxygen atoms in total. The quantitative estimate of drug-likeness (QED) is 0.714. The van der Waals surface area contributed by atoms with Crippen molar-refractivity contribution in [3.8, 4) is 11.1 Å². The lowest BCUT2D eigenvalue weighted by Crippen LogP contribution is -2.52. The van der Waals surface area contributed by atoms with Gasteiger partial charge in [-0.25, -0.2) is 9.78 Å². The summed E-state index contributed by atoms with van der Waals surface area (Å²) in [5.74, 6) is -0.0303. The maximum atomic E-state index is 12.8. The normalized spacial score (nSPS) is 23.4. The molecule has 1 aromatic carbocycles. The van der Waals surface area contributed by atoms with Crippen molar-refractivity contribution >= 4 is 17.1 Å². The number of H-pyrrole nitrogens is 1. The first-order valence-electron chi connectivity index (χ1n) is 10.2. The summed E-state index contributed by atoms with van der Waals surface area (Å²) < 4.78 is 1.54. The average molecular weight is 391 g/mol. The number of fused-ring (bicyclic) bond motifs is 4. The molecule has 7 heteroatoms. The lowest BCUT2D eigenvalue weighted by atomic mass is 9.72. The van der Waals surface area contributed by atoms with Crippen LogP contribution >= 0.6 is 0 Å². The molecule has 3 aliphatic heterocycles. The van der Waals surface area contributed by atoms with Gasteiger partial charge in [0.05, 0.1) is 5.52 Å². The molecular formula is C22H25N5O2. The summed E-state index contributed by atoms with van der Waals surface area (Å²) in [5, 5.41) is 3.18. The number of hydrogen-bond acceptors (Lipinski definition) is 4. The van der Waals surface area contributed by atoms with Crippen molar-refractivity contribution in [3.63, 3.8) is 0 Å². The summed E-state index contributed by atoms with van der Waals surface area (Å²) in [4.78, 5) is 34.2. The van der Waals surface area contributed by atoms with E-state index in [1.165, 1.54) is 23.8 Å². The van der Waals surface area contributed by atoms with Crippen molar-refractivity contribution in [2.75, 3.05) is 26.2 Å². The Balaban J connectivity index is 1.36. The second-order valence-electron chi connectivity index (χ2n) is 8.44. The van der Waals surface area contributed by atoms with Gasteiger partial charge in [-0.05, 0) is 68.1 Å². The maximum absolute atomic E-state index is 12.8. The molecule has 6 rings (SSSR count). The highest BCUT2D eigenvalue weighted by atomic mass is 16.2. The van der Waals surface area contributed by atoms with Crippen LogP contribution in [0.2, 0.25) is 0 Å². The van der Waals surface area contributed by atoms with E-state index in [9.17, 15) is 9.59 Å². The molecule has 2 N–H and O–H groups in total. The molecule has 0 saturated carbocycles. The Morgan fingerprint density at radius 2 is 1.93 bits per heavy atom. The third kappa shape index (κ3) is 3.25. The number of piperidine rings is 3. The van der Waals surface area contributed by atoms with E-state index in [-0.39, 0.29) is 17.0 Å². The number of imidazole rings is 1. The Labute approximate surface area is 168 Å². The van der Waals surface area contributed by atoms with Crippen LogP contribution in [0.3, 0.4) is 0 Å². The van der Waals surface area contributed by atoms with Gasteiger partial charge in [0.1, 0.15) is 0 Å². The number of hydrogen-bond donors (Lipinski definition) is 2. The van der Waals surface area contributed by atoms with Gasteiger partial charge < -0.3 is 10.2 Å². The number of nitrogens with zero attached hydrogens (tertiary/aromatic N) is 3. The van der Waals surface area contributed by atoms with Crippen LogP contribution in [0.1, 0.15) is 29.6 Å². The van der Waals surface area contributed by atoms with E-state index in [2.05, 4.69) is 20.2 Å². The van der Waals surface area contributed by atoms with E-state index in [0.29, 0.717) is 11.2 Å². The van der Waals surface area contributed by atoms with Crippen LogP contribution in [-0.2, 0) is 7.05 Å². The number of aromatic amines is 1. The molecule has 29 heavy (non-hydrogen) atoms. The lowest BCUT2D eigenvalue weighted by molar-refractivity contribution is 0.0262. The Morgan fingerprint density at radius 3 is 2.69 bits per heavy atom. The number of aryl methyl sites for hydroxylation is 1. The number of benzene rings is 1. The van der Waals surface area contributed by atoms with Crippen LogP contribution in [0.15, 0.2) is 41.3 Å². The van der Waals surface area contributed by atoms with Crippen molar-refractivity contribution in [1.82, 2.24) is 24.8 Å². The van der Waals surface area contributed by atoms with Gasteiger partial charge in [0, 0.05) is 30.9 Å². The number of pyridine rings is 1. The molecule has 5 heterocycles. The summed E-state index contributed by atoms with van der Waals surface area (Å²) in [6.07, 6.45) is 5.25. The molecule has 150 valence electrons. The molecule has 3 saturated heterocycles. The lowest BCUT2D eigenvalue weighted by Gasteiger charge is -2.48. The number of amides is 1. The zero-order valence-corrected chi connectivity index (χ0v) is 16.6. The number of nitrogens with one attached hydrogen (secondary N) is 2. The summed E-state index contributed by atoms with van der Waals surface area (Å²) >= 11 is 0. The molecular weight excluding hydrogens is 366 g/mol. The van der Waals surface area contributed by atoms with E-state index in [1.807, 2.05) is 30.3 Å². The molecule has 1 amide bonds. The topological polar surface area (TPSA) is 83.0 Å². The van der Waals surface area contributed by atoms with Crippen molar-refractivity contribution < 1.29 is 4.79 Å². The average Bonchev–Trinajstić information content (AvgIpc) is 3.06. The molecule has 2 bridgehead atoms. The fourth-order valence-corrected chi connectivity index (χ4v) is 4.63. The van der Waals surface area contributed by atoms with E-state index < -0.39 is 0 Å². The van der Waals surface area contributed by atoms with E-state index in [4.69, 9.17) is 0 Å². The molecule has 0 spiro atoms. The van der Waals surface area contributed by atoms with Gasteiger partial charge in [0.2, 0.25) is 0 Å². The van der Waals surface area contributed by atoms with Gasteiger partial charge in [0.25, 0.3) is 5.91 Å². The number of aromatic nitrogens is 3. The van der Waals surface area contributed by atoms with Crippen LogP contribution < -0.4 is 11.0 Å². The van der Waals surface area contributed by atoms with Crippen LogP contribution in [0, 0.1) is 5.41 Å². The summed E-state index contributed by atoms with van der Waals surface area (Å²) in [6, 6.07) is 9.51. The predicted molar refractivity (Wildman–Crippen MR) is 112 cm³/mol. The third-order valence-corrected chi connectivity index (χ3v) is 6.72. The first-order chi connectivity index (χ1) is 14.0. The SMILES string of the molecule is Cn1c(=O)[nH]c2ncc(-c3cccc(C(=O)NCC45CCN(CC4)CC5)c3)cc21. The third-order valence-electron chi connectivity index (χ3n) is 6.72. The Kier molecular flexibility index (Phi) is 4.28. The van der Waals surface area contributed by atoms with Crippen molar-refractivity contribution in [2.24, 2.45) is 12.5 Å². The van der Waals surface area contributed by atoms with Crippen molar-refractivity contribution in [1.29, 1.82) is 0 Å². The molecule has 3 fully saturated rings. The minimum Gasteiger partial charge on any atom is -0.351 e. The Morgan fingerprint density at radius 1 is 1.17 bits per heavy atom. The van der Waals surface area contributed by atoms with Gasteiger partial charge in [-0.2, -0.15) is 0 Å². The summed E-state index contributed by atoms with van der Waals surface area (Å²) in [5.41, 5.74) is 3.82. The van der Waals surface area contributed by atoms with Crippen LogP contribution in [0.25, 0.3) is 22.3 Å². The van der Waals surface area contributed by atoms with E-state index in [1.54, 1.807) is 13.2 Å². The molecule has 0 atom stereocenters. The fourth-order valence-electron chi connectivity index (χ4n) is 4.63. The van der Waals surface area contributed by atoms with Crippen molar-refractivity contribution in [2.45, 2.75) is 19.3 Å². The van der Waals surface area contributed by atoms with Gasteiger partial charge >= 0.3 is 5.69 Å². The van der Waals surface area contributed by atoms with Gasteiger partial charge in [0.15, 0.2) is 5.65 Å². The highest BCUT2D eigenvalue weighted by Gasteiger charge is 2.39. The molecule has 0 unspecified atom stereocenters. The number of carbonyl (C=O) groups excluding carboxylic acids is 1. The van der Waals surface area contributed by atoms with Crippen LogP contribution in [0.4, 0.5) is 0 Å². The second kappa shape index (κ2) is 6.84. The highest BCUT2D eigenvalue weighted by Crippen LogP contribution is 2.39. The summed E-state index contributed by atoms with van der Waals surface area (Å²) in [7, 11) is 1.71. The first kappa shape index (κ1) is 18.1. The molecule has 3 aliphatic rings. The highest BCUT2D eigenvalue weighted by molar-refractivity contribution is 5.95. The minimum absolute atomic E-state index is 0.0303. The van der Waals surface area contributed by atoms with E-state index in [0.717, 1.165) is 42.8 Å². The molecule has 0 radical (unpaired) electrons. The Bertz CT molecular complexity index is 1120. The zero-order chi connectivity index (χ0) is 20.0. The van der Waals surface area contributed by atoms with Crippen LogP contribution in [-0.4, -0.2) is 51.5 Å². The predicted octanol–water partition coefficient (Wildman–Crippen LogP) is 2.14. The minimum atomic E-state index is -0.189. The monoisotopic (exact) mass is 391 g/mol. The largest absolute Gasteiger partial charge is 0.351 e. The zero-order valence-electron chi connectivity index (χ0n) is 16.6. The smallest absolute Gasteiger partial charge is 0.327 e. The van der Waals surface area contributed by atoms with Crippen LogP contribution in [0.5, 0.6) is 0 Å². The molecule has 0 aliphatic carbocycles. The van der Waals surface area contributed by atoms with Gasteiger partial charge in [-0.1, -0.05) is 12.1 Å². The standard InChI is InChI=1S/C22H25N5O2/c1-26-18-12-17(13-23-19(18)25-21(26)29)15-3-2-4-16(11-15)20(28)24-14-22-5-8-27(9-6-22)10-7-22/h2-4,11-13H,5-10,14H2,1H3,(H,24,28)(H,23,25,29). The second-order valence-corrected chi connectivity index (χ2v) is 8.44.